The van der Waals surface area contributed by atoms with E-state index in [0.29, 0.717) is 5.92 Å². The second-order valence-electron chi connectivity index (χ2n) is 8.11. The van der Waals surface area contributed by atoms with Crippen molar-refractivity contribution in [1.29, 1.82) is 0 Å². The molecule has 0 atom stereocenters. The van der Waals surface area contributed by atoms with Crippen LogP contribution in [0.25, 0.3) is 10.9 Å². The monoisotopic (exact) mass is 375 g/mol. The number of aromatic nitrogens is 1. The molecule has 0 amide bonds. The number of hydrogen-bond donors (Lipinski definition) is 1. The fraction of sp³-hybridized carbons (Fsp3) is 0.417. The lowest BCUT2D eigenvalue weighted by molar-refractivity contribution is 0.0960. The molecule has 0 bridgehead atoms. The smallest absolute Gasteiger partial charge is 0.0789 e. The predicted octanol–water partition coefficient (Wildman–Crippen LogP) is 4.73. The number of hydroxylamine groups is 1. The van der Waals surface area contributed by atoms with Gasteiger partial charge < -0.3 is 9.88 Å². The summed E-state index contributed by atoms with van der Waals surface area (Å²) in [5.41, 5.74) is 5.41. The highest BCUT2D eigenvalue weighted by molar-refractivity contribution is 5.80. The summed E-state index contributed by atoms with van der Waals surface area (Å²) in [5, 5.41) is 3.44. The first-order valence-corrected chi connectivity index (χ1v) is 10.6. The molecule has 2 aromatic carbocycles. The van der Waals surface area contributed by atoms with Crippen LogP contribution in [0.3, 0.4) is 0 Å². The van der Waals surface area contributed by atoms with Crippen molar-refractivity contribution in [2.75, 3.05) is 37.8 Å². The number of hydrogen-bond acceptors (Lipinski definition) is 3. The molecule has 0 saturated carbocycles. The van der Waals surface area contributed by atoms with Crippen molar-refractivity contribution in [3.05, 3.63) is 65.9 Å². The van der Waals surface area contributed by atoms with Gasteiger partial charge >= 0.3 is 0 Å². The molecule has 0 radical (unpaired) electrons. The lowest BCUT2D eigenvalue weighted by atomic mass is 9.89. The molecule has 4 heteroatoms. The first-order valence-electron chi connectivity index (χ1n) is 10.6. The first-order chi connectivity index (χ1) is 13.9. The summed E-state index contributed by atoms with van der Waals surface area (Å²) in [6, 6.07) is 17.7. The van der Waals surface area contributed by atoms with Gasteiger partial charge in [0.2, 0.25) is 0 Å². The molecule has 3 aromatic rings. The van der Waals surface area contributed by atoms with E-state index in [9.17, 15) is 0 Å². The van der Waals surface area contributed by atoms with Crippen molar-refractivity contribution in [2.45, 2.75) is 31.6 Å². The number of rotatable bonds is 5. The molecular weight excluding hydrogens is 346 g/mol. The van der Waals surface area contributed by atoms with E-state index in [4.69, 9.17) is 4.84 Å². The Kier molecular flexibility index (Phi) is 5.06. The number of likely N-dealkylation sites (tertiary alicyclic amines) is 1. The third-order valence-electron chi connectivity index (χ3n) is 6.35. The van der Waals surface area contributed by atoms with Gasteiger partial charge in [0.25, 0.3) is 0 Å². The summed E-state index contributed by atoms with van der Waals surface area (Å²) < 4.78 is 0. The van der Waals surface area contributed by atoms with Gasteiger partial charge in [-0.25, -0.2) is 0 Å². The van der Waals surface area contributed by atoms with Gasteiger partial charge in [-0.1, -0.05) is 24.3 Å². The summed E-state index contributed by atoms with van der Waals surface area (Å²) in [6.07, 6.45) is 6.72. The standard InChI is InChI=1S/C24H29N3O/c1-2-5-24-20(4-1)11-17-28-27(24)14-3-13-26-15-9-19(10-16-26)21-6-7-23-22(18-21)8-12-25-23/h1-2,4-8,12,18-19,25H,3,9-11,13-17H2. The van der Waals surface area contributed by atoms with E-state index in [1.165, 1.54) is 53.6 Å². The van der Waals surface area contributed by atoms with Crippen LogP contribution in [0.15, 0.2) is 54.7 Å². The number of nitrogens with one attached hydrogen (secondary N) is 1. The molecular formula is C24H29N3O. The van der Waals surface area contributed by atoms with Crippen LogP contribution in [0, 0.1) is 0 Å². The van der Waals surface area contributed by atoms with Crippen LogP contribution in [-0.4, -0.2) is 42.7 Å². The van der Waals surface area contributed by atoms with Crippen molar-refractivity contribution < 1.29 is 4.84 Å². The predicted molar refractivity (Wildman–Crippen MR) is 115 cm³/mol. The first kappa shape index (κ1) is 17.8. The average molecular weight is 376 g/mol. The highest BCUT2D eigenvalue weighted by atomic mass is 16.7. The summed E-state index contributed by atoms with van der Waals surface area (Å²) in [4.78, 5) is 11.8. The number of para-hydroxylation sites is 1. The van der Waals surface area contributed by atoms with E-state index in [1.54, 1.807) is 0 Å². The van der Waals surface area contributed by atoms with E-state index in [0.717, 1.165) is 32.5 Å². The molecule has 3 heterocycles. The number of fused-ring (bicyclic) bond motifs is 2. The minimum Gasteiger partial charge on any atom is -0.361 e. The highest BCUT2D eigenvalue weighted by Crippen LogP contribution is 2.30. The van der Waals surface area contributed by atoms with E-state index in [-0.39, 0.29) is 0 Å². The van der Waals surface area contributed by atoms with Crippen molar-refractivity contribution in [3.8, 4) is 0 Å². The van der Waals surface area contributed by atoms with Crippen LogP contribution >= 0.6 is 0 Å². The van der Waals surface area contributed by atoms with Gasteiger partial charge in [-0.3, -0.25) is 9.90 Å². The Morgan fingerprint density at radius 3 is 2.82 bits per heavy atom. The fourth-order valence-electron chi connectivity index (χ4n) is 4.74. The zero-order valence-electron chi connectivity index (χ0n) is 16.4. The molecule has 1 aromatic heterocycles. The Labute approximate surface area is 167 Å². The molecule has 0 aliphatic carbocycles. The lowest BCUT2D eigenvalue weighted by Gasteiger charge is -2.34. The van der Waals surface area contributed by atoms with Gasteiger partial charge in [-0.05, 0) is 85.6 Å². The zero-order valence-corrected chi connectivity index (χ0v) is 16.4. The third-order valence-corrected chi connectivity index (χ3v) is 6.35. The maximum atomic E-state index is 5.91. The van der Waals surface area contributed by atoms with Gasteiger partial charge in [0, 0.05) is 24.7 Å². The van der Waals surface area contributed by atoms with Crippen LogP contribution in [0.4, 0.5) is 5.69 Å². The highest BCUT2D eigenvalue weighted by Gasteiger charge is 2.22. The Hall–Kier alpha value is -2.30. The number of H-pyrrole nitrogens is 1. The van der Waals surface area contributed by atoms with Crippen molar-refractivity contribution >= 4 is 16.6 Å². The molecule has 5 rings (SSSR count). The molecule has 0 unspecified atom stereocenters. The number of anilines is 1. The average Bonchev–Trinajstić information content (AvgIpc) is 3.22. The summed E-state index contributed by atoms with van der Waals surface area (Å²) in [5.74, 6) is 0.702. The maximum Gasteiger partial charge on any atom is 0.0789 e. The van der Waals surface area contributed by atoms with Gasteiger partial charge in [0.15, 0.2) is 0 Å². The molecule has 0 spiro atoms. The van der Waals surface area contributed by atoms with Gasteiger partial charge in [0.05, 0.1) is 12.3 Å². The number of nitrogens with zero attached hydrogens (tertiary/aromatic N) is 2. The normalized spacial score (nSPS) is 18.5. The quantitative estimate of drug-likeness (QED) is 0.699. The second kappa shape index (κ2) is 7.98. The summed E-state index contributed by atoms with van der Waals surface area (Å²) in [6.45, 7) is 5.33. The molecule has 1 N–H and O–H groups in total. The van der Waals surface area contributed by atoms with E-state index >= 15 is 0 Å². The zero-order chi connectivity index (χ0) is 18.8. The SMILES string of the molecule is c1ccc2c(c1)CCON2CCCN1CCC(c2ccc3[nH]ccc3c2)CC1. The van der Waals surface area contributed by atoms with Crippen LogP contribution < -0.4 is 5.06 Å². The third kappa shape index (κ3) is 3.67. The van der Waals surface area contributed by atoms with Crippen LogP contribution in [-0.2, 0) is 11.3 Å². The van der Waals surface area contributed by atoms with E-state index < -0.39 is 0 Å². The Morgan fingerprint density at radius 1 is 1.00 bits per heavy atom. The molecule has 2 aliphatic rings. The molecule has 1 fully saturated rings. The molecule has 1 saturated heterocycles. The Bertz CT molecular complexity index is 926. The molecule has 2 aliphatic heterocycles. The van der Waals surface area contributed by atoms with Crippen molar-refractivity contribution in [2.24, 2.45) is 0 Å². The summed E-state index contributed by atoms with van der Waals surface area (Å²) in [7, 11) is 0. The van der Waals surface area contributed by atoms with E-state index in [1.807, 2.05) is 6.20 Å². The van der Waals surface area contributed by atoms with E-state index in [2.05, 4.69) is 63.5 Å². The van der Waals surface area contributed by atoms with Crippen molar-refractivity contribution in [1.82, 2.24) is 9.88 Å². The number of aromatic amines is 1. The molecule has 4 nitrogen and oxygen atoms in total. The largest absolute Gasteiger partial charge is 0.361 e. The second-order valence-corrected chi connectivity index (χ2v) is 8.11. The minimum absolute atomic E-state index is 0.702. The van der Waals surface area contributed by atoms with Crippen LogP contribution in [0.5, 0.6) is 0 Å². The Morgan fingerprint density at radius 2 is 1.89 bits per heavy atom. The summed E-state index contributed by atoms with van der Waals surface area (Å²) >= 11 is 0. The van der Waals surface area contributed by atoms with Gasteiger partial charge in [-0.15, -0.1) is 0 Å². The van der Waals surface area contributed by atoms with Crippen molar-refractivity contribution in [3.63, 3.8) is 0 Å². The van der Waals surface area contributed by atoms with Gasteiger partial charge in [-0.2, -0.15) is 0 Å². The maximum absolute atomic E-state index is 5.91. The fourth-order valence-corrected chi connectivity index (χ4v) is 4.74. The number of benzene rings is 2. The Balaban J connectivity index is 1.11. The minimum atomic E-state index is 0.702. The topological polar surface area (TPSA) is 31.5 Å². The van der Waals surface area contributed by atoms with Crippen LogP contribution in [0.1, 0.15) is 36.3 Å². The van der Waals surface area contributed by atoms with Crippen LogP contribution in [0.2, 0.25) is 0 Å². The molecule has 146 valence electrons. The number of piperidine rings is 1. The lowest BCUT2D eigenvalue weighted by Crippen LogP contribution is -2.36. The molecule has 28 heavy (non-hydrogen) atoms. The van der Waals surface area contributed by atoms with Gasteiger partial charge in [0.1, 0.15) is 0 Å².